The maximum atomic E-state index is 12.8. The zero-order valence-corrected chi connectivity index (χ0v) is 18.1. The SMILES string of the molecule is CN(C)S(=O)(=O)N(C)c1ccc(C(=O)N2CCC(Cc3ccccc3)CC2)cc1. The molecule has 3 rings (SSSR count). The number of carbonyl (C=O) groups is 1. The summed E-state index contributed by atoms with van der Waals surface area (Å²) < 4.78 is 26.8. The highest BCUT2D eigenvalue weighted by Gasteiger charge is 2.25. The van der Waals surface area contributed by atoms with Gasteiger partial charge in [-0.1, -0.05) is 30.3 Å². The van der Waals surface area contributed by atoms with Gasteiger partial charge in [-0.15, -0.1) is 0 Å². The molecule has 1 aliphatic rings. The number of nitrogens with zero attached hydrogens (tertiary/aromatic N) is 3. The molecule has 1 aliphatic heterocycles. The van der Waals surface area contributed by atoms with Crippen molar-refractivity contribution >= 4 is 21.8 Å². The van der Waals surface area contributed by atoms with Crippen molar-refractivity contribution in [1.82, 2.24) is 9.21 Å². The van der Waals surface area contributed by atoms with Crippen LogP contribution in [0.2, 0.25) is 0 Å². The van der Waals surface area contributed by atoms with Crippen molar-refractivity contribution in [2.45, 2.75) is 19.3 Å². The van der Waals surface area contributed by atoms with E-state index in [0.29, 0.717) is 17.2 Å². The fourth-order valence-corrected chi connectivity index (χ4v) is 4.54. The van der Waals surface area contributed by atoms with Crippen molar-refractivity contribution < 1.29 is 13.2 Å². The van der Waals surface area contributed by atoms with Crippen LogP contribution in [0.1, 0.15) is 28.8 Å². The van der Waals surface area contributed by atoms with Gasteiger partial charge < -0.3 is 4.90 Å². The van der Waals surface area contributed by atoms with Crippen LogP contribution in [0, 0.1) is 5.92 Å². The molecule has 1 saturated heterocycles. The third-order valence-electron chi connectivity index (χ3n) is 5.55. The maximum absolute atomic E-state index is 12.8. The molecule has 0 atom stereocenters. The number of benzene rings is 2. The molecule has 1 fully saturated rings. The molecule has 2 aromatic carbocycles. The van der Waals surface area contributed by atoms with Gasteiger partial charge in [-0.2, -0.15) is 12.7 Å². The van der Waals surface area contributed by atoms with E-state index in [1.807, 2.05) is 11.0 Å². The average molecular weight is 416 g/mol. The van der Waals surface area contributed by atoms with Crippen LogP contribution in [-0.4, -0.2) is 57.8 Å². The fraction of sp³-hybridized carbons (Fsp3) is 0.409. The zero-order chi connectivity index (χ0) is 21.0. The Hall–Kier alpha value is -2.38. The van der Waals surface area contributed by atoms with E-state index in [4.69, 9.17) is 0 Å². The highest BCUT2D eigenvalue weighted by molar-refractivity contribution is 7.90. The van der Waals surface area contributed by atoms with E-state index < -0.39 is 10.2 Å². The predicted molar refractivity (Wildman–Crippen MR) is 116 cm³/mol. The summed E-state index contributed by atoms with van der Waals surface area (Å²) in [6.07, 6.45) is 3.06. The molecule has 1 heterocycles. The van der Waals surface area contributed by atoms with Gasteiger partial charge in [0.25, 0.3) is 5.91 Å². The Morgan fingerprint density at radius 2 is 1.55 bits per heavy atom. The van der Waals surface area contributed by atoms with Crippen molar-refractivity contribution in [1.29, 1.82) is 0 Å². The molecule has 7 heteroatoms. The second-order valence-electron chi connectivity index (χ2n) is 7.73. The lowest BCUT2D eigenvalue weighted by Crippen LogP contribution is -2.39. The Morgan fingerprint density at radius 3 is 2.10 bits per heavy atom. The highest BCUT2D eigenvalue weighted by atomic mass is 32.2. The van der Waals surface area contributed by atoms with Gasteiger partial charge in [0.2, 0.25) is 0 Å². The van der Waals surface area contributed by atoms with E-state index in [-0.39, 0.29) is 5.91 Å². The normalized spacial score (nSPS) is 15.5. The molecule has 6 nitrogen and oxygen atoms in total. The van der Waals surface area contributed by atoms with Crippen LogP contribution in [0.25, 0.3) is 0 Å². The van der Waals surface area contributed by atoms with Crippen molar-refractivity contribution in [2.75, 3.05) is 38.5 Å². The monoisotopic (exact) mass is 415 g/mol. The first-order valence-electron chi connectivity index (χ1n) is 9.88. The first-order valence-corrected chi connectivity index (χ1v) is 11.3. The van der Waals surface area contributed by atoms with Crippen molar-refractivity contribution in [3.63, 3.8) is 0 Å². The second-order valence-corrected chi connectivity index (χ2v) is 9.90. The minimum Gasteiger partial charge on any atom is -0.339 e. The van der Waals surface area contributed by atoms with E-state index in [0.717, 1.165) is 36.7 Å². The summed E-state index contributed by atoms with van der Waals surface area (Å²) in [6, 6.07) is 17.2. The summed E-state index contributed by atoms with van der Waals surface area (Å²) in [6.45, 7) is 1.51. The number of hydrogen-bond acceptors (Lipinski definition) is 3. The number of amides is 1. The molecule has 0 spiro atoms. The van der Waals surface area contributed by atoms with Crippen LogP contribution in [0.15, 0.2) is 54.6 Å². The van der Waals surface area contributed by atoms with Crippen LogP contribution < -0.4 is 4.31 Å². The van der Waals surface area contributed by atoms with Crippen molar-refractivity contribution in [3.8, 4) is 0 Å². The number of likely N-dealkylation sites (tertiary alicyclic amines) is 1. The summed E-state index contributed by atoms with van der Waals surface area (Å²) in [5.41, 5.74) is 2.47. The Balaban J connectivity index is 1.59. The van der Waals surface area contributed by atoms with Gasteiger partial charge in [0.15, 0.2) is 0 Å². The van der Waals surface area contributed by atoms with Gasteiger partial charge in [0.1, 0.15) is 0 Å². The lowest BCUT2D eigenvalue weighted by Gasteiger charge is -2.32. The molecule has 0 radical (unpaired) electrons. The lowest BCUT2D eigenvalue weighted by molar-refractivity contribution is 0.0690. The average Bonchev–Trinajstić information content (AvgIpc) is 2.74. The smallest absolute Gasteiger partial charge is 0.303 e. The number of piperidine rings is 1. The van der Waals surface area contributed by atoms with Crippen molar-refractivity contribution in [2.24, 2.45) is 5.92 Å². The molecule has 156 valence electrons. The summed E-state index contributed by atoms with van der Waals surface area (Å²) in [7, 11) is 0.942. The van der Waals surface area contributed by atoms with Gasteiger partial charge in [-0.25, -0.2) is 0 Å². The Bertz CT molecular complexity index is 920. The van der Waals surface area contributed by atoms with Gasteiger partial charge in [0.05, 0.1) is 5.69 Å². The van der Waals surface area contributed by atoms with E-state index in [1.54, 1.807) is 24.3 Å². The molecule has 0 aliphatic carbocycles. The van der Waals surface area contributed by atoms with Crippen LogP contribution in [0.3, 0.4) is 0 Å². The van der Waals surface area contributed by atoms with E-state index in [9.17, 15) is 13.2 Å². The molecule has 0 N–H and O–H groups in total. The first kappa shape index (κ1) is 21.3. The van der Waals surface area contributed by atoms with Crippen LogP contribution >= 0.6 is 0 Å². The Kier molecular flexibility index (Phi) is 6.59. The highest BCUT2D eigenvalue weighted by Crippen LogP contribution is 2.24. The topological polar surface area (TPSA) is 60.9 Å². The molecular formula is C22H29N3O3S. The van der Waals surface area contributed by atoms with E-state index >= 15 is 0 Å². The van der Waals surface area contributed by atoms with Crippen LogP contribution in [0.5, 0.6) is 0 Å². The summed E-state index contributed by atoms with van der Waals surface area (Å²) in [5, 5.41) is 0. The molecule has 0 saturated carbocycles. The third kappa shape index (κ3) is 4.97. The second kappa shape index (κ2) is 8.97. The Labute approximate surface area is 173 Å². The molecule has 2 aromatic rings. The van der Waals surface area contributed by atoms with Crippen LogP contribution in [-0.2, 0) is 16.6 Å². The van der Waals surface area contributed by atoms with Crippen molar-refractivity contribution in [3.05, 3.63) is 65.7 Å². The number of rotatable bonds is 6. The summed E-state index contributed by atoms with van der Waals surface area (Å²) in [4.78, 5) is 14.7. The molecule has 1 amide bonds. The van der Waals surface area contributed by atoms with Gasteiger partial charge >= 0.3 is 10.2 Å². The number of anilines is 1. The van der Waals surface area contributed by atoms with Crippen LogP contribution in [0.4, 0.5) is 5.69 Å². The largest absolute Gasteiger partial charge is 0.339 e. The minimum absolute atomic E-state index is 0.00725. The van der Waals surface area contributed by atoms with Gasteiger partial charge in [-0.3, -0.25) is 9.10 Å². The molecule has 0 aromatic heterocycles. The van der Waals surface area contributed by atoms with E-state index in [2.05, 4.69) is 24.3 Å². The maximum Gasteiger partial charge on any atom is 0.303 e. The lowest BCUT2D eigenvalue weighted by atomic mass is 9.90. The molecule has 29 heavy (non-hydrogen) atoms. The number of hydrogen-bond donors (Lipinski definition) is 0. The summed E-state index contributed by atoms with van der Waals surface area (Å²) >= 11 is 0. The quantitative estimate of drug-likeness (QED) is 0.729. The van der Waals surface area contributed by atoms with Gasteiger partial charge in [0, 0.05) is 39.8 Å². The summed E-state index contributed by atoms with van der Waals surface area (Å²) in [5.74, 6) is 0.613. The molecule has 0 bridgehead atoms. The Morgan fingerprint density at radius 1 is 0.966 bits per heavy atom. The van der Waals surface area contributed by atoms with Gasteiger partial charge in [-0.05, 0) is 55.0 Å². The predicted octanol–water partition coefficient (Wildman–Crippen LogP) is 3.02. The first-order chi connectivity index (χ1) is 13.8. The third-order valence-corrected chi connectivity index (χ3v) is 7.38. The minimum atomic E-state index is -3.54. The van der Waals surface area contributed by atoms with E-state index in [1.165, 1.54) is 31.0 Å². The fourth-order valence-electron chi connectivity index (χ4n) is 3.66. The number of carbonyl (C=O) groups excluding carboxylic acids is 1. The molecular weight excluding hydrogens is 386 g/mol. The standard InChI is InChI=1S/C22H29N3O3S/c1-23(2)29(27,28)24(3)21-11-9-20(10-12-21)22(26)25-15-13-19(14-16-25)17-18-7-5-4-6-8-18/h4-12,19H,13-17H2,1-3H3. The molecule has 0 unspecified atom stereocenters. The zero-order valence-electron chi connectivity index (χ0n) is 17.3.